The Morgan fingerprint density at radius 3 is 2.14 bits per heavy atom. The van der Waals surface area contributed by atoms with Crippen LogP contribution in [0.5, 0.6) is 17.2 Å². The minimum atomic E-state index is -1.09. The van der Waals surface area contributed by atoms with Gasteiger partial charge in [-0.25, -0.2) is 0 Å². The Labute approximate surface area is 166 Å². The minimum Gasteiger partial charge on any atom is -0.497 e. The van der Waals surface area contributed by atoms with Crippen LogP contribution in [0.25, 0.3) is 0 Å². The van der Waals surface area contributed by atoms with Crippen LogP contribution in [-0.4, -0.2) is 50.3 Å². The molecule has 6 nitrogen and oxygen atoms in total. The maximum Gasteiger partial charge on any atom is 0.257 e. The summed E-state index contributed by atoms with van der Waals surface area (Å²) in [6, 6.07) is 8.81. The van der Waals surface area contributed by atoms with E-state index in [4.69, 9.17) is 14.2 Å². The van der Waals surface area contributed by atoms with Crippen molar-refractivity contribution in [2.24, 2.45) is 0 Å². The normalized spacial score (nSPS) is 11.7. The predicted molar refractivity (Wildman–Crippen MR) is 109 cm³/mol. The fraction of sp³-hybridized carbons (Fsp3) is 0.409. The average molecular weight is 387 g/mol. The molecule has 1 unspecified atom stereocenters. The molecule has 0 bridgehead atoms. The van der Waals surface area contributed by atoms with Crippen molar-refractivity contribution in [1.29, 1.82) is 0 Å². The average Bonchev–Trinajstić information content (AvgIpc) is 2.72. The summed E-state index contributed by atoms with van der Waals surface area (Å²) in [4.78, 5) is 14.9. The third kappa shape index (κ3) is 4.22. The summed E-state index contributed by atoms with van der Waals surface area (Å²) in [5.41, 5.74) is 2.22. The first kappa shape index (κ1) is 21.6. The number of nitrogens with zero attached hydrogens (tertiary/aromatic N) is 1. The molecule has 0 radical (unpaired) electrons. The Kier molecular flexibility index (Phi) is 7.29. The van der Waals surface area contributed by atoms with Gasteiger partial charge >= 0.3 is 0 Å². The van der Waals surface area contributed by atoms with Gasteiger partial charge in [0.25, 0.3) is 5.91 Å². The Hall–Kier alpha value is -2.73. The van der Waals surface area contributed by atoms with Crippen molar-refractivity contribution in [3.63, 3.8) is 0 Å². The molecule has 1 atom stereocenters. The van der Waals surface area contributed by atoms with Crippen LogP contribution in [0.2, 0.25) is 0 Å². The van der Waals surface area contributed by atoms with Gasteiger partial charge in [-0.1, -0.05) is 6.07 Å². The highest BCUT2D eigenvalue weighted by atomic mass is 16.5. The minimum absolute atomic E-state index is 0.183. The maximum atomic E-state index is 13.2. The van der Waals surface area contributed by atoms with Gasteiger partial charge in [0.2, 0.25) is 0 Å². The van der Waals surface area contributed by atoms with Gasteiger partial charge in [-0.05, 0) is 50.6 Å². The molecule has 2 aromatic carbocycles. The fourth-order valence-electron chi connectivity index (χ4n) is 3.28. The zero-order valence-electron chi connectivity index (χ0n) is 17.4. The largest absolute Gasteiger partial charge is 0.497 e. The summed E-state index contributed by atoms with van der Waals surface area (Å²) in [6.07, 6.45) is -1.09. The molecule has 2 aromatic rings. The first-order valence-corrected chi connectivity index (χ1v) is 9.29. The SMILES string of the molecule is CCN(CC)C(=O)c1c(OC)cc(C)cc1C(O)c1cc(OC)ccc1OC. The third-order valence-corrected chi connectivity index (χ3v) is 4.79. The van der Waals surface area contributed by atoms with Gasteiger partial charge in [-0.3, -0.25) is 4.79 Å². The van der Waals surface area contributed by atoms with Crippen LogP contribution >= 0.6 is 0 Å². The number of aryl methyl sites for hydroxylation is 1. The number of benzene rings is 2. The van der Waals surface area contributed by atoms with Gasteiger partial charge in [0, 0.05) is 24.2 Å². The zero-order valence-corrected chi connectivity index (χ0v) is 17.4. The van der Waals surface area contributed by atoms with Crippen molar-refractivity contribution in [3.05, 3.63) is 52.6 Å². The Morgan fingerprint density at radius 2 is 1.61 bits per heavy atom. The zero-order chi connectivity index (χ0) is 20.8. The highest BCUT2D eigenvalue weighted by Crippen LogP contribution is 2.38. The number of ether oxygens (including phenoxy) is 3. The highest BCUT2D eigenvalue weighted by molar-refractivity contribution is 5.99. The number of amides is 1. The Bertz CT molecular complexity index is 830. The Morgan fingerprint density at radius 1 is 0.964 bits per heavy atom. The van der Waals surface area contributed by atoms with Crippen LogP contribution in [0.3, 0.4) is 0 Å². The first-order chi connectivity index (χ1) is 13.4. The quantitative estimate of drug-likeness (QED) is 0.750. The lowest BCUT2D eigenvalue weighted by Gasteiger charge is -2.25. The lowest BCUT2D eigenvalue weighted by atomic mass is 9.92. The second-order valence-corrected chi connectivity index (χ2v) is 6.42. The molecule has 0 aliphatic rings. The molecule has 1 amide bonds. The van der Waals surface area contributed by atoms with Crippen LogP contribution in [0.15, 0.2) is 30.3 Å². The fourth-order valence-corrected chi connectivity index (χ4v) is 3.28. The number of hydrogen-bond acceptors (Lipinski definition) is 5. The van der Waals surface area contributed by atoms with E-state index >= 15 is 0 Å². The van der Waals surface area contributed by atoms with E-state index in [1.54, 1.807) is 36.3 Å². The number of aliphatic hydroxyl groups is 1. The molecule has 2 rings (SSSR count). The van der Waals surface area contributed by atoms with Gasteiger partial charge in [0.15, 0.2) is 0 Å². The Balaban J connectivity index is 2.71. The van der Waals surface area contributed by atoms with Crippen LogP contribution in [0.4, 0.5) is 0 Å². The van der Waals surface area contributed by atoms with Crippen LogP contribution in [0.1, 0.15) is 47.0 Å². The number of rotatable bonds is 8. The molecular formula is C22H29NO5. The molecular weight excluding hydrogens is 358 g/mol. The smallest absolute Gasteiger partial charge is 0.257 e. The molecule has 0 saturated heterocycles. The van der Waals surface area contributed by atoms with Crippen molar-refractivity contribution in [2.75, 3.05) is 34.4 Å². The number of methoxy groups -OCH3 is 3. The molecule has 0 aromatic heterocycles. The maximum absolute atomic E-state index is 13.2. The lowest BCUT2D eigenvalue weighted by Crippen LogP contribution is -2.32. The predicted octanol–water partition coefficient (Wildman–Crippen LogP) is 3.58. The molecule has 0 aliphatic carbocycles. The second-order valence-electron chi connectivity index (χ2n) is 6.42. The molecule has 1 N–H and O–H groups in total. The molecule has 0 saturated carbocycles. The van der Waals surface area contributed by atoms with Gasteiger partial charge in [0.05, 0.1) is 26.9 Å². The highest BCUT2D eigenvalue weighted by Gasteiger charge is 2.28. The lowest BCUT2D eigenvalue weighted by molar-refractivity contribution is 0.0764. The van der Waals surface area contributed by atoms with E-state index in [9.17, 15) is 9.90 Å². The number of carbonyl (C=O) groups is 1. The molecule has 0 heterocycles. The van der Waals surface area contributed by atoms with Crippen molar-refractivity contribution in [3.8, 4) is 17.2 Å². The van der Waals surface area contributed by atoms with Crippen LogP contribution < -0.4 is 14.2 Å². The number of hydrogen-bond donors (Lipinski definition) is 1. The van der Waals surface area contributed by atoms with Crippen molar-refractivity contribution in [2.45, 2.75) is 26.9 Å². The molecule has 152 valence electrons. The standard InChI is InChI=1S/C22H29NO5/c1-7-23(8-2)22(25)20-17(11-14(3)12-19(20)28-6)21(24)16-13-15(26-4)9-10-18(16)27-5/h9-13,21,24H,7-8H2,1-6H3. The van der Waals surface area contributed by atoms with Crippen molar-refractivity contribution < 1.29 is 24.1 Å². The monoisotopic (exact) mass is 387 g/mol. The summed E-state index contributed by atoms with van der Waals surface area (Å²) in [5.74, 6) is 1.35. The molecule has 0 fully saturated rings. The van der Waals surface area contributed by atoms with E-state index in [2.05, 4.69) is 0 Å². The van der Waals surface area contributed by atoms with E-state index in [0.29, 0.717) is 47.0 Å². The van der Waals surface area contributed by atoms with Crippen LogP contribution in [0, 0.1) is 6.92 Å². The molecule has 0 spiro atoms. The topological polar surface area (TPSA) is 68.2 Å². The van der Waals surface area contributed by atoms with Gasteiger partial charge < -0.3 is 24.2 Å². The first-order valence-electron chi connectivity index (χ1n) is 9.29. The van der Waals surface area contributed by atoms with E-state index in [1.165, 1.54) is 14.2 Å². The van der Waals surface area contributed by atoms with E-state index in [0.717, 1.165) is 5.56 Å². The second kappa shape index (κ2) is 9.46. The van der Waals surface area contributed by atoms with Gasteiger partial charge in [-0.2, -0.15) is 0 Å². The molecule has 28 heavy (non-hydrogen) atoms. The summed E-state index contributed by atoms with van der Waals surface area (Å²) < 4.78 is 16.2. The van der Waals surface area contributed by atoms with E-state index < -0.39 is 6.10 Å². The molecule has 0 aliphatic heterocycles. The van der Waals surface area contributed by atoms with E-state index in [-0.39, 0.29) is 5.91 Å². The summed E-state index contributed by atoms with van der Waals surface area (Å²) in [5, 5.41) is 11.3. The summed E-state index contributed by atoms with van der Waals surface area (Å²) in [6.45, 7) is 6.86. The summed E-state index contributed by atoms with van der Waals surface area (Å²) >= 11 is 0. The number of aliphatic hydroxyl groups excluding tert-OH is 1. The summed E-state index contributed by atoms with van der Waals surface area (Å²) in [7, 11) is 4.62. The van der Waals surface area contributed by atoms with Crippen molar-refractivity contribution in [1.82, 2.24) is 4.90 Å². The van der Waals surface area contributed by atoms with Gasteiger partial charge in [-0.15, -0.1) is 0 Å². The van der Waals surface area contributed by atoms with E-state index in [1.807, 2.05) is 26.8 Å². The van der Waals surface area contributed by atoms with Gasteiger partial charge in [0.1, 0.15) is 23.4 Å². The number of carbonyl (C=O) groups excluding carboxylic acids is 1. The third-order valence-electron chi connectivity index (χ3n) is 4.79. The van der Waals surface area contributed by atoms with Crippen molar-refractivity contribution >= 4 is 5.91 Å². The molecule has 6 heteroatoms. The van der Waals surface area contributed by atoms with Crippen LogP contribution in [-0.2, 0) is 0 Å².